The van der Waals surface area contributed by atoms with Gasteiger partial charge in [0.2, 0.25) is 10.0 Å². The highest BCUT2D eigenvalue weighted by Gasteiger charge is 2.42. The Kier molecular flexibility index (Phi) is 5.80. The number of benzene rings is 2. The third-order valence-corrected chi connectivity index (χ3v) is 6.75. The maximum Gasteiger partial charge on any atom is 0.211 e. The molecule has 3 rings (SSSR count). The largest absolute Gasteiger partial charge is 0.383 e. The minimum atomic E-state index is -3.37. The van der Waals surface area contributed by atoms with Crippen LogP contribution in [-0.2, 0) is 15.6 Å². The van der Waals surface area contributed by atoms with Crippen molar-refractivity contribution in [1.82, 2.24) is 4.72 Å². The Hall–Kier alpha value is -1.69. The van der Waals surface area contributed by atoms with Crippen LogP contribution in [0.25, 0.3) is 11.1 Å². The molecule has 0 spiro atoms. The van der Waals surface area contributed by atoms with Crippen molar-refractivity contribution in [2.24, 2.45) is 0 Å². The zero-order valence-corrected chi connectivity index (χ0v) is 16.0. The Labute approximate surface area is 156 Å². The lowest BCUT2D eigenvalue weighted by atomic mass is 9.76. The molecule has 1 fully saturated rings. The summed E-state index contributed by atoms with van der Waals surface area (Å²) in [5.41, 5.74) is 1.82. The molecule has 1 aliphatic rings. The zero-order chi connectivity index (χ0) is 18.6. The van der Waals surface area contributed by atoms with Gasteiger partial charge in [-0.3, -0.25) is 0 Å². The van der Waals surface area contributed by atoms with Gasteiger partial charge in [-0.2, -0.15) is 0 Å². The zero-order valence-electron chi connectivity index (χ0n) is 15.2. The summed E-state index contributed by atoms with van der Waals surface area (Å²) in [6.07, 6.45) is 3.59. The Morgan fingerprint density at radius 1 is 1.04 bits per heavy atom. The molecule has 1 aliphatic carbocycles. The van der Waals surface area contributed by atoms with Crippen LogP contribution >= 0.6 is 0 Å². The average molecular weight is 374 g/mol. The minimum Gasteiger partial charge on any atom is -0.383 e. The van der Waals surface area contributed by atoms with Crippen LogP contribution in [0.1, 0.15) is 44.6 Å². The van der Waals surface area contributed by atoms with E-state index in [1.54, 1.807) is 0 Å². The van der Waals surface area contributed by atoms with E-state index in [2.05, 4.69) is 4.72 Å². The summed E-state index contributed by atoms with van der Waals surface area (Å²) in [5, 5.41) is 11.4. The van der Waals surface area contributed by atoms with E-state index in [0.717, 1.165) is 29.5 Å². The van der Waals surface area contributed by atoms with Crippen LogP contribution in [-0.4, -0.2) is 25.3 Å². The predicted molar refractivity (Wildman–Crippen MR) is 105 cm³/mol. The van der Waals surface area contributed by atoms with Crippen molar-refractivity contribution in [3.63, 3.8) is 0 Å². The van der Waals surface area contributed by atoms with E-state index in [1.165, 1.54) is 0 Å². The van der Waals surface area contributed by atoms with Gasteiger partial charge in [-0.15, -0.1) is 0 Å². The molecule has 0 radical (unpaired) electrons. The molecule has 2 unspecified atom stereocenters. The van der Waals surface area contributed by atoms with E-state index in [4.69, 9.17) is 0 Å². The molecule has 140 valence electrons. The van der Waals surface area contributed by atoms with E-state index in [-0.39, 0.29) is 5.75 Å². The molecular formula is C21H27NO3S. The van der Waals surface area contributed by atoms with Gasteiger partial charge in [-0.1, -0.05) is 74.4 Å². The van der Waals surface area contributed by atoms with Crippen molar-refractivity contribution in [2.75, 3.05) is 5.75 Å². The van der Waals surface area contributed by atoms with E-state index in [1.807, 2.05) is 61.5 Å². The highest BCUT2D eigenvalue weighted by molar-refractivity contribution is 7.89. The monoisotopic (exact) mass is 373 g/mol. The fourth-order valence-corrected chi connectivity index (χ4v) is 5.19. The van der Waals surface area contributed by atoms with Crippen LogP contribution in [0.5, 0.6) is 0 Å². The van der Waals surface area contributed by atoms with Crippen molar-refractivity contribution in [3.8, 4) is 11.1 Å². The van der Waals surface area contributed by atoms with Gasteiger partial charge in [0.1, 0.15) is 5.60 Å². The molecule has 0 saturated heterocycles. The SMILES string of the molecule is CCCS(=O)(=O)NC1CCCCC1(O)c1ccc(-c2ccccc2)cc1. The third-order valence-electron chi connectivity index (χ3n) is 5.16. The lowest BCUT2D eigenvalue weighted by Crippen LogP contribution is -2.52. The van der Waals surface area contributed by atoms with Gasteiger partial charge in [0.15, 0.2) is 0 Å². The summed E-state index contributed by atoms with van der Waals surface area (Å²) in [6, 6.07) is 17.4. The van der Waals surface area contributed by atoms with Gasteiger partial charge in [-0.05, 0) is 36.0 Å². The number of nitrogens with one attached hydrogen (secondary N) is 1. The number of rotatable bonds is 6. The molecule has 5 heteroatoms. The standard InChI is InChI=1S/C21H27NO3S/c1-2-16-26(24,25)22-20-10-6-7-15-21(20,23)19-13-11-18(12-14-19)17-8-4-3-5-9-17/h3-5,8-9,11-14,20,22-23H,2,6-7,10,15-16H2,1H3. The van der Waals surface area contributed by atoms with Crippen LogP contribution in [0.3, 0.4) is 0 Å². The fourth-order valence-electron chi connectivity index (χ4n) is 3.78. The maximum absolute atomic E-state index is 12.2. The molecular weight excluding hydrogens is 346 g/mol. The van der Waals surface area contributed by atoms with Crippen molar-refractivity contribution >= 4 is 10.0 Å². The molecule has 0 amide bonds. The number of hydrogen-bond acceptors (Lipinski definition) is 3. The van der Waals surface area contributed by atoms with E-state index < -0.39 is 21.7 Å². The minimum absolute atomic E-state index is 0.0898. The molecule has 0 heterocycles. The topological polar surface area (TPSA) is 66.4 Å². The second-order valence-corrected chi connectivity index (χ2v) is 8.98. The summed E-state index contributed by atoms with van der Waals surface area (Å²) in [6.45, 7) is 1.84. The lowest BCUT2D eigenvalue weighted by molar-refractivity contribution is -0.0249. The molecule has 26 heavy (non-hydrogen) atoms. The Bertz CT molecular complexity index is 818. The van der Waals surface area contributed by atoms with Crippen LogP contribution in [0, 0.1) is 0 Å². The van der Waals surface area contributed by atoms with Crippen LogP contribution in [0.2, 0.25) is 0 Å². The van der Waals surface area contributed by atoms with Crippen molar-refractivity contribution in [1.29, 1.82) is 0 Å². The summed E-state index contributed by atoms with van der Waals surface area (Å²) in [4.78, 5) is 0. The highest BCUT2D eigenvalue weighted by atomic mass is 32.2. The molecule has 2 aromatic rings. The smallest absolute Gasteiger partial charge is 0.211 e. The normalized spacial score (nSPS) is 23.7. The van der Waals surface area contributed by atoms with Crippen LogP contribution in [0.15, 0.2) is 54.6 Å². The molecule has 0 aromatic heterocycles. The molecule has 0 bridgehead atoms. The van der Waals surface area contributed by atoms with Crippen LogP contribution < -0.4 is 4.72 Å². The van der Waals surface area contributed by atoms with Gasteiger partial charge in [0, 0.05) is 0 Å². The second-order valence-electron chi connectivity index (χ2n) is 7.10. The summed E-state index contributed by atoms with van der Waals surface area (Å²) in [5.74, 6) is 0.0898. The van der Waals surface area contributed by atoms with Crippen molar-refractivity contribution < 1.29 is 13.5 Å². The van der Waals surface area contributed by atoms with Gasteiger partial charge < -0.3 is 5.11 Å². The quantitative estimate of drug-likeness (QED) is 0.809. The van der Waals surface area contributed by atoms with E-state index in [0.29, 0.717) is 19.3 Å². The van der Waals surface area contributed by atoms with E-state index >= 15 is 0 Å². The number of hydrogen-bond donors (Lipinski definition) is 2. The molecule has 1 saturated carbocycles. The summed E-state index contributed by atoms with van der Waals surface area (Å²) in [7, 11) is -3.37. The van der Waals surface area contributed by atoms with Crippen molar-refractivity contribution in [3.05, 3.63) is 60.2 Å². The fraction of sp³-hybridized carbons (Fsp3) is 0.429. The van der Waals surface area contributed by atoms with Gasteiger partial charge >= 0.3 is 0 Å². The molecule has 2 aromatic carbocycles. The molecule has 2 N–H and O–H groups in total. The summed E-state index contributed by atoms with van der Waals surface area (Å²) >= 11 is 0. The first kappa shape index (κ1) is 19.1. The first-order chi connectivity index (χ1) is 12.4. The predicted octanol–water partition coefficient (Wildman–Crippen LogP) is 3.81. The Morgan fingerprint density at radius 3 is 2.35 bits per heavy atom. The first-order valence-corrected chi connectivity index (χ1v) is 11.0. The van der Waals surface area contributed by atoms with E-state index in [9.17, 15) is 13.5 Å². The lowest BCUT2D eigenvalue weighted by Gasteiger charge is -2.40. The molecule has 2 atom stereocenters. The molecule has 0 aliphatic heterocycles. The second kappa shape index (κ2) is 7.91. The van der Waals surface area contributed by atoms with Gasteiger partial charge in [0.05, 0.1) is 11.8 Å². The van der Waals surface area contributed by atoms with Gasteiger partial charge in [0.25, 0.3) is 0 Å². The molecule has 4 nitrogen and oxygen atoms in total. The van der Waals surface area contributed by atoms with Crippen LogP contribution in [0.4, 0.5) is 0 Å². The third kappa shape index (κ3) is 4.17. The summed E-state index contributed by atoms with van der Waals surface area (Å²) < 4.78 is 27.2. The van der Waals surface area contributed by atoms with Gasteiger partial charge in [-0.25, -0.2) is 13.1 Å². The first-order valence-electron chi connectivity index (χ1n) is 9.33. The number of sulfonamides is 1. The number of aliphatic hydroxyl groups is 1. The van der Waals surface area contributed by atoms with Crippen molar-refractivity contribution in [2.45, 2.75) is 50.7 Å². The maximum atomic E-state index is 12.2. The Balaban J connectivity index is 1.87. The Morgan fingerprint density at radius 2 is 1.69 bits per heavy atom. The average Bonchev–Trinajstić information content (AvgIpc) is 2.64. The highest BCUT2D eigenvalue weighted by Crippen LogP contribution is 2.38.